The van der Waals surface area contributed by atoms with Gasteiger partial charge in [-0.25, -0.2) is 0 Å². The van der Waals surface area contributed by atoms with E-state index in [4.69, 9.17) is 23.2 Å². The second-order valence-corrected chi connectivity index (χ2v) is 6.59. The van der Waals surface area contributed by atoms with Gasteiger partial charge in [0.1, 0.15) is 0 Å². The van der Waals surface area contributed by atoms with Crippen LogP contribution in [-0.2, 0) is 0 Å². The molecule has 17 heavy (non-hydrogen) atoms. The Morgan fingerprint density at radius 2 is 1.88 bits per heavy atom. The lowest BCUT2D eigenvalue weighted by Crippen LogP contribution is -2.39. The summed E-state index contributed by atoms with van der Waals surface area (Å²) in [6.45, 7) is 9.08. The van der Waals surface area contributed by atoms with E-state index >= 15 is 0 Å². The Labute approximate surface area is 114 Å². The first-order valence-electron chi connectivity index (χ1n) is 6.08. The van der Waals surface area contributed by atoms with Crippen LogP contribution in [0, 0.1) is 0 Å². The predicted molar refractivity (Wildman–Crippen MR) is 75.1 cm³/mol. The number of likely N-dealkylation sites (tertiary alicyclic amines) is 1. The van der Waals surface area contributed by atoms with Gasteiger partial charge in [-0.3, -0.25) is 4.90 Å². The molecule has 0 bridgehead atoms. The predicted octanol–water partition coefficient (Wildman–Crippen LogP) is 4.58. The molecule has 1 aromatic carbocycles. The van der Waals surface area contributed by atoms with Crippen LogP contribution in [0.4, 0.5) is 0 Å². The molecule has 1 aliphatic rings. The molecule has 0 N–H and O–H groups in total. The fraction of sp³-hybridized carbons (Fsp3) is 0.571. The second kappa shape index (κ2) is 4.79. The molecule has 3 heteroatoms. The third kappa shape index (κ3) is 2.96. The van der Waals surface area contributed by atoms with Crippen LogP contribution in [0.25, 0.3) is 0 Å². The van der Waals surface area contributed by atoms with Crippen molar-refractivity contribution >= 4 is 23.2 Å². The zero-order chi connectivity index (χ0) is 12.6. The van der Waals surface area contributed by atoms with E-state index in [2.05, 4.69) is 31.7 Å². The maximum Gasteiger partial charge on any atom is 0.0595 e. The lowest BCUT2D eigenvalue weighted by Gasteiger charge is -2.31. The van der Waals surface area contributed by atoms with Crippen molar-refractivity contribution in [3.05, 3.63) is 33.8 Å². The summed E-state index contributed by atoms with van der Waals surface area (Å²) >= 11 is 12.0. The molecule has 1 saturated heterocycles. The first-order valence-corrected chi connectivity index (χ1v) is 6.83. The minimum Gasteiger partial charge on any atom is -0.298 e. The maximum atomic E-state index is 6.07. The molecular formula is C14H19Cl2N. The van der Waals surface area contributed by atoms with Crippen LogP contribution in [0.5, 0.6) is 0 Å². The molecule has 1 atom stereocenters. The van der Waals surface area contributed by atoms with Crippen LogP contribution >= 0.6 is 23.2 Å². The highest BCUT2D eigenvalue weighted by Crippen LogP contribution is 2.34. The molecular weight excluding hydrogens is 253 g/mol. The van der Waals surface area contributed by atoms with Crippen molar-refractivity contribution in [2.45, 2.75) is 38.6 Å². The van der Waals surface area contributed by atoms with Crippen LogP contribution < -0.4 is 0 Å². The van der Waals surface area contributed by atoms with E-state index in [0.29, 0.717) is 16.0 Å². The Hall–Kier alpha value is -0.240. The summed E-state index contributed by atoms with van der Waals surface area (Å²) in [5, 5.41) is 1.31. The van der Waals surface area contributed by atoms with Gasteiger partial charge in [0.25, 0.3) is 0 Å². The summed E-state index contributed by atoms with van der Waals surface area (Å²) in [5.41, 5.74) is 1.57. The quantitative estimate of drug-likeness (QED) is 0.723. The Bertz CT molecular complexity index is 409. The van der Waals surface area contributed by atoms with Gasteiger partial charge in [0.15, 0.2) is 0 Å². The highest BCUT2D eigenvalue weighted by atomic mass is 35.5. The summed E-state index contributed by atoms with van der Waals surface area (Å²) < 4.78 is 0. The van der Waals surface area contributed by atoms with Gasteiger partial charge < -0.3 is 0 Å². The summed E-state index contributed by atoms with van der Waals surface area (Å²) in [5.74, 6) is 0.587. The number of halogens is 2. The van der Waals surface area contributed by atoms with Crippen LogP contribution in [-0.4, -0.2) is 23.5 Å². The van der Waals surface area contributed by atoms with E-state index < -0.39 is 0 Å². The van der Waals surface area contributed by atoms with E-state index in [1.54, 1.807) is 0 Å². The van der Waals surface area contributed by atoms with Gasteiger partial charge in [-0.15, -0.1) is 0 Å². The zero-order valence-corrected chi connectivity index (χ0v) is 12.1. The number of hydrogen-bond acceptors (Lipinski definition) is 1. The van der Waals surface area contributed by atoms with Crippen molar-refractivity contribution < 1.29 is 0 Å². The van der Waals surface area contributed by atoms with Crippen LogP contribution in [0.3, 0.4) is 0 Å². The summed E-state index contributed by atoms with van der Waals surface area (Å²) in [4.78, 5) is 2.53. The van der Waals surface area contributed by atoms with Crippen molar-refractivity contribution in [1.82, 2.24) is 4.90 Å². The molecule has 0 aromatic heterocycles. The largest absolute Gasteiger partial charge is 0.298 e. The molecule has 0 saturated carbocycles. The zero-order valence-electron chi connectivity index (χ0n) is 10.6. The minimum atomic E-state index is 0.255. The lowest BCUT2D eigenvalue weighted by molar-refractivity contribution is 0.173. The number of rotatable bonds is 1. The normalized spacial score (nSPS) is 22.1. The fourth-order valence-electron chi connectivity index (χ4n) is 2.41. The third-order valence-corrected chi connectivity index (χ3v) is 4.29. The second-order valence-electron chi connectivity index (χ2n) is 5.78. The molecule has 94 valence electrons. The minimum absolute atomic E-state index is 0.255. The monoisotopic (exact) mass is 271 g/mol. The third-order valence-electron chi connectivity index (χ3n) is 3.55. The molecule has 1 fully saturated rings. The van der Waals surface area contributed by atoms with Crippen molar-refractivity contribution in [3.63, 3.8) is 0 Å². The molecule has 1 aromatic rings. The van der Waals surface area contributed by atoms with Crippen LogP contribution in [0.2, 0.25) is 10.0 Å². The van der Waals surface area contributed by atoms with Crippen molar-refractivity contribution in [1.29, 1.82) is 0 Å². The molecule has 2 rings (SSSR count). The van der Waals surface area contributed by atoms with Crippen molar-refractivity contribution in [2.24, 2.45) is 0 Å². The molecule has 1 heterocycles. The molecule has 1 aliphatic heterocycles. The van der Waals surface area contributed by atoms with E-state index in [1.165, 1.54) is 12.0 Å². The summed E-state index contributed by atoms with van der Waals surface area (Å²) in [7, 11) is 0. The molecule has 1 unspecified atom stereocenters. The van der Waals surface area contributed by atoms with Gasteiger partial charge in [-0.2, -0.15) is 0 Å². The first-order chi connectivity index (χ1) is 7.88. The van der Waals surface area contributed by atoms with Crippen molar-refractivity contribution in [2.75, 3.05) is 13.1 Å². The van der Waals surface area contributed by atoms with Crippen molar-refractivity contribution in [3.8, 4) is 0 Å². The SMILES string of the molecule is CC(C)(C)N1CCC(c2ccc(Cl)c(Cl)c2)C1. The Morgan fingerprint density at radius 3 is 2.41 bits per heavy atom. The van der Waals surface area contributed by atoms with Gasteiger partial charge in [0, 0.05) is 12.1 Å². The average Bonchev–Trinajstić information content (AvgIpc) is 2.70. The molecule has 0 radical (unpaired) electrons. The number of hydrogen-bond donors (Lipinski definition) is 0. The topological polar surface area (TPSA) is 3.24 Å². The van der Waals surface area contributed by atoms with Gasteiger partial charge >= 0.3 is 0 Å². The van der Waals surface area contributed by atoms with Gasteiger partial charge in [0.05, 0.1) is 10.0 Å². The molecule has 1 nitrogen and oxygen atoms in total. The maximum absolute atomic E-state index is 6.07. The standard InChI is InChI=1S/C14H19Cl2N/c1-14(2,3)17-7-6-11(9-17)10-4-5-12(15)13(16)8-10/h4-5,8,11H,6-7,9H2,1-3H3. The van der Waals surface area contributed by atoms with Crippen LogP contribution in [0.1, 0.15) is 38.7 Å². The molecule has 0 aliphatic carbocycles. The highest BCUT2D eigenvalue weighted by Gasteiger charge is 2.30. The average molecular weight is 272 g/mol. The molecule has 0 spiro atoms. The lowest BCUT2D eigenvalue weighted by atomic mass is 9.98. The Kier molecular flexibility index (Phi) is 3.72. The number of benzene rings is 1. The van der Waals surface area contributed by atoms with E-state index in [9.17, 15) is 0 Å². The van der Waals surface area contributed by atoms with Gasteiger partial charge in [0.2, 0.25) is 0 Å². The van der Waals surface area contributed by atoms with Crippen LogP contribution in [0.15, 0.2) is 18.2 Å². The highest BCUT2D eigenvalue weighted by molar-refractivity contribution is 6.42. The summed E-state index contributed by atoms with van der Waals surface area (Å²) in [6.07, 6.45) is 1.20. The van der Waals surface area contributed by atoms with E-state index in [0.717, 1.165) is 13.1 Å². The Balaban J connectivity index is 2.13. The smallest absolute Gasteiger partial charge is 0.0595 e. The Morgan fingerprint density at radius 1 is 1.18 bits per heavy atom. The molecule has 0 amide bonds. The fourth-order valence-corrected chi connectivity index (χ4v) is 2.71. The van der Waals surface area contributed by atoms with Gasteiger partial charge in [-0.1, -0.05) is 29.3 Å². The van der Waals surface area contributed by atoms with E-state index in [-0.39, 0.29) is 5.54 Å². The van der Waals surface area contributed by atoms with Gasteiger partial charge in [-0.05, 0) is 57.4 Å². The number of nitrogens with zero attached hydrogens (tertiary/aromatic N) is 1. The van der Waals surface area contributed by atoms with E-state index in [1.807, 2.05) is 12.1 Å². The summed E-state index contributed by atoms with van der Waals surface area (Å²) in [6, 6.07) is 6.02. The first kappa shape index (κ1) is 13.2.